The second-order valence-electron chi connectivity index (χ2n) is 5.23. The van der Waals surface area contributed by atoms with Crippen LogP contribution in [-0.2, 0) is 9.59 Å². The van der Waals surface area contributed by atoms with Gasteiger partial charge < -0.3 is 15.1 Å². The maximum atomic E-state index is 12.3. The number of amides is 2. The first-order chi connectivity index (χ1) is 9.58. The molecule has 2 heterocycles. The highest BCUT2D eigenvalue weighted by molar-refractivity contribution is 9.10. The van der Waals surface area contributed by atoms with Gasteiger partial charge in [-0.1, -0.05) is 6.07 Å². The summed E-state index contributed by atoms with van der Waals surface area (Å²) >= 11 is 3.48. The number of halogens is 1. The average molecular weight is 338 g/mol. The number of rotatable bonds is 1. The third-order valence-corrected chi connectivity index (χ3v) is 4.46. The SMILES string of the molecule is Cc1ccc(N2CC3CNCCN3C(=O)C2=O)c(Br)c1. The number of carbonyl (C=O) groups is 2. The van der Waals surface area contributed by atoms with Crippen molar-refractivity contribution in [2.24, 2.45) is 0 Å². The van der Waals surface area contributed by atoms with Crippen molar-refractivity contribution >= 4 is 33.4 Å². The van der Waals surface area contributed by atoms with Crippen LogP contribution in [0.1, 0.15) is 5.56 Å². The van der Waals surface area contributed by atoms with E-state index in [4.69, 9.17) is 0 Å². The number of anilines is 1. The fourth-order valence-electron chi connectivity index (χ4n) is 2.76. The summed E-state index contributed by atoms with van der Waals surface area (Å²) in [5.41, 5.74) is 1.87. The first-order valence-corrected chi connectivity index (χ1v) is 7.46. The Labute approximate surface area is 126 Å². The van der Waals surface area contributed by atoms with E-state index < -0.39 is 11.8 Å². The lowest BCUT2D eigenvalue weighted by atomic mass is 10.1. The van der Waals surface area contributed by atoms with E-state index >= 15 is 0 Å². The van der Waals surface area contributed by atoms with Crippen LogP contribution in [0, 0.1) is 6.92 Å². The lowest BCUT2D eigenvalue weighted by Gasteiger charge is -2.43. The second-order valence-corrected chi connectivity index (χ2v) is 6.08. The minimum absolute atomic E-state index is 0.0575. The zero-order valence-electron chi connectivity index (χ0n) is 11.2. The molecule has 2 aliphatic rings. The zero-order chi connectivity index (χ0) is 14.3. The predicted octanol–water partition coefficient (Wildman–Crippen LogP) is 0.905. The van der Waals surface area contributed by atoms with Crippen LogP contribution in [0.5, 0.6) is 0 Å². The summed E-state index contributed by atoms with van der Waals surface area (Å²) in [5.74, 6) is -0.831. The molecule has 0 aromatic heterocycles. The highest BCUT2D eigenvalue weighted by Crippen LogP contribution is 2.30. The molecule has 20 heavy (non-hydrogen) atoms. The van der Waals surface area contributed by atoms with E-state index in [0.29, 0.717) is 13.1 Å². The van der Waals surface area contributed by atoms with E-state index in [1.165, 1.54) is 0 Å². The van der Waals surface area contributed by atoms with Gasteiger partial charge in [0, 0.05) is 30.7 Å². The molecule has 0 saturated carbocycles. The molecule has 0 bridgehead atoms. The second kappa shape index (κ2) is 5.18. The Morgan fingerprint density at radius 3 is 2.85 bits per heavy atom. The summed E-state index contributed by atoms with van der Waals surface area (Å²) in [4.78, 5) is 27.8. The molecule has 1 atom stereocenters. The number of carbonyl (C=O) groups excluding carboxylic acids is 2. The molecule has 6 heteroatoms. The molecule has 1 unspecified atom stereocenters. The molecule has 0 aliphatic carbocycles. The number of hydrogen-bond donors (Lipinski definition) is 1. The molecule has 0 radical (unpaired) electrons. The highest BCUT2D eigenvalue weighted by Gasteiger charge is 2.40. The standard InChI is InChI=1S/C14H16BrN3O2/c1-9-2-3-12(11(15)6-9)18-8-10-7-16-4-5-17(10)13(19)14(18)20/h2-3,6,10,16H,4-5,7-8H2,1H3. The van der Waals surface area contributed by atoms with Gasteiger partial charge in [-0.25, -0.2) is 0 Å². The number of nitrogens with one attached hydrogen (secondary N) is 1. The van der Waals surface area contributed by atoms with Crippen molar-refractivity contribution in [2.75, 3.05) is 31.1 Å². The van der Waals surface area contributed by atoms with Crippen LogP contribution in [-0.4, -0.2) is 48.9 Å². The number of benzene rings is 1. The average Bonchev–Trinajstić information content (AvgIpc) is 2.43. The Balaban J connectivity index is 1.93. The summed E-state index contributed by atoms with van der Waals surface area (Å²) < 4.78 is 0.843. The largest absolute Gasteiger partial charge is 0.327 e. The van der Waals surface area contributed by atoms with Crippen molar-refractivity contribution in [1.29, 1.82) is 0 Å². The molecule has 2 saturated heterocycles. The topological polar surface area (TPSA) is 52.6 Å². The summed E-state index contributed by atoms with van der Waals surface area (Å²) in [7, 11) is 0. The van der Waals surface area contributed by atoms with Gasteiger partial charge in [0.25, 0.3) is 0 Å². The number of nitrogens with zero attached hydrogens (tertiary/aromatic N) is 2. The lowest BCUT2D eigenvalue weighted by molar-refractivity contribution is -0.149. The Morgan fingerprint density at radius 1 is 1.30 bits per heavy atom. The molecule has 5 nitrogen and oxygen atoms in total. The zero-order valence-corrected chi connectivity index (χ0v) is 12.8. The predicted molar refractivity (Wildman–Crippen MR) is 79.6 cm³/mol. The normalized spacial score (nSPS) is 23.0. The van der Waals surface area contributed by atoms with Crippen LogP contribution in [0.3, 0.4) is 0 Å². The van der Waals surface area contributed by atoms with Crippen LogP contribution < -0.4 is 10.2 Å². The van der Waals surface area contributed by atoms with E-state index in [1.54, 1.807) is 9.80 Å². The van der Waals surface area contributed by atoms with E-state index in [9.17, 15) is 9.59 Å². The van der Waals surface area contributed by atoms with Crippen LogP contribution in [0.2, 0.25) is 0 Å². The van der Waals surface area contributed by atoms with Crippen LogP contribution in [0.4, 0.5) is 5.69 Å². The van der Waals surface area contributed by atoms with Crippen LogP contribution >= 0.6 is 15.9 Å². The van der Waals surface area contributed by atoms with Gasteiger partial charge >= 0.3 is 11.8 Å². The number of hydrogen-bond acceptors (Lipinski definition) is 3. The fourth-order valence-corrected chi connectivity index (χ4v) is 3.47. The van der Waals surface area contributed by atoms with Crippen molar-refractivity contribution in [3.63, 3.8) is 0 Å². The van der Waals surface area contributed by atoms with Gasteiger partial charge in [0.2, 0.25) is 0 Å². The summed E-state index contributed by atoms with van der Waals surface area (Å²) in [6.07, 6.45) is 0. The third kappa shape index (κ3) is 2.23. The van der Waals surface area contributed by atoms with E-state index in [1.807, 2.05) is 25.1 Å². The van der Waals surface area contributed by atoms with Crippen molar-refractivity contribution in [1.82, 2.24) is 10.2 Å². The summed E-state index contributed by atoms with van der Waals surface area (Å²) in [6, 6.07) is 5.85. The smallest absolute Gasteiger partial charge is 0.316 e. The Kier molecular flexibility index (Phi) is 3.52. The molecule has 106 valence electrons. The number of fused-ring (bicyclic) bond motifs is 1. The van der Waals surface area contributed by atoms with Gasteiger partial charge in [-0.3, -0.25) is 9.59 Å². The molecule has 1 aromatic rings. The monoisotopic (exact) mass is 337 g/mol. The summed E-state index contributed by atoms with van der Waals surface area (Å²) in [5, 5.41) is 3.27. The first kappa shape index (κ1) is 13.6. The summed E-state index contributed by atoms with van der Waals surface area (Å²) in [6.45, 7) is 4.63. The van der Waals surface area contributed by atoms with Gasteiger partial charge in [0.15, 0.2) is 0 Å². The van der Waals surface area contributed by atoms with Crippen LogP contribution in [0.25, 0.3) is 0 Å². The van der Waals surface area contributed by atoms with E-state index in [-0.39, 0.29) is 6.04 Å². The molecule has 1 N–H and O–H groups in total. The number of aryl methyl sites for hydroxylation is 1. The Hall–Kier alpha value is -1.40. The Bertz CT molecular complexity index is 576. The highest BCUT2D eigenvalue weighted by atomic mass is 79.9. The van der Waals surface area contributed by atoms with E-state index in [0.717, 1.165) is 28.8 Å². The molecular weight excluding hydrogens is 322 g/mol. The minimum Gasteiger partial charge on any atom is -0.327 e. The third-order valence-electron chi connectivity index (χ3n) is 3.83. The fraction of sp³-hybridized carbons (Fsp3) is 0.429. The quantitative estimate of drug-likeness (QED) is 0.775. The van der Waals surface area contributed by atoms with Gasteiger partial charge in [0.05, 0.1) is 11.7 Å². The van der Waals surface area contributed by atoms with Gasteiger partial charge in [-0.05, 0) is 40.5 Å². The first-order valence-electron chi connectivity index (χ1n) is 6.67. The van der Waals surface area contributed by atoms with Crippen molar-refractivity contribution < 1.29 is 9.59 Å². The minimum atomic E-state index is -0.437. The maximum absolute atomic E-state index is 12.3. The van der Waals surface area contributed by atoms with Gasteiger partial charge in [-0.15, -0.1) is 0 Å². The molecule has 2 amide bonds. The van der Waals surface area contributed by atoms with Crippen LogP contribution in [0.15, 0.2) is 22.7 Å². The maximum Gasteiger partial charge on any atom is 0.316 e. The molecule has 2 aliphatic heterocycles. The van der Waals surface area contributed by atoms with Gasteiger partial charge in [0.1, 0.15) is 0 Å². The van der Waals surface area contributed by atoms with Crippen molar-refractivity contribution in [2.45, 2.75) is 13.0 Å². The Morgan fingerprint density at radius 2 is 2.10 bits per heavy atom. The molecule has 1 aromatic carbocycles. The van der Waals surface area contributed by atoms with Crippen molar-refractivity contribution in [3.05, 3.63) is 28.2 Å². The van der Waals surface area contributed by atoms with E-state index in [2.05, 4.69) is 21.2 Å². The molecule has 2 fully saturated rings. The van der Waals surface area contributed by atoms with Crippen molar-refractivity contribution in [3.8, 4) is 0 Å². The lowest BCUT2D eigenvalue weighted by Crippen LogP contribution is -2.65. The molecule has 3 rings (SSSR count). The molecule has 0 spiro atoms. The number of piperazine rings is 2. The molecular formula is C14H16BrN3O2. The van der Waals surface area contributed by atoms with Gasteiger partial charge in [-0.2, -0.15) is 0 Å².